The largest absolute Gasteiger partial charge is 0.326 e. The van der Waals surface area contributed by atoms with Crippen LogP contribution in [0, 0.1) is 0 Å². The number of nitrogens with one attached hydrogen (secondary N) is 1. The number of rotatable bonds is 6. The van der Waals surface area contributed by atoms with Gasteiger partial charge < -0.3 is 5.32 Å². The van der Waals surface area contributed by atoms with Gasteiger partial charge in [0.1, 0.15) is 5.54 Å². The summed E-state index contributed by atoms with van der Waals surface area (Å²) in [5.41, 5.74) is 5.00. The average Bonchev–Trinajstić information content (AvgIpc) is 3.27. The summed E-state index contributed by atoms with van der Waals surface area (Å²) in [7, 11) is 1.93. The van der Waals surface area contributed by atoms with Gasteiger partial charge in [-0.25, -0.2) is 9.69 Å². The van der Waals surface area contributed by atoms with Crippen LogP contribution in [0.4, 0.5) is 4.79 Å². The highest BCUT2D eigenvalue weighted by Crippen LogP contribution is 2.32. The normalized spacial score (nSPS) is 20.9. The Morgan fingerprint density at radius 2 is 1.77 bits per heavy atom. The molecule has 0 aromatic heterocycles. The second-order valence-electron chi connectivity index (χ2n) is 9.18. The zero-order chi connectivity index (χ0) is 21.5. The summed E-state index contributed by atoms with van der Waals surface area (Å²) in [6.45, 7) is 7.10. The summed E-state index contributed by atoms with van der Waals surface area (Å²) in [4.78, 5) is 29.3. The Kier molecular flexibility index (Phi) is 5.41. The van der Waals surface area contributed by atoms with Gasteiger partial charge in [-0.2, -0.15) is 0 Å². The number of aryl methyl sites for hydroxylation is 2. The van der Waals surface area contributed by atoms with Crippen LogP contribution >= 0.6 is 0 Å². The molecule has 1 aliphatic carbocycles. The predicted molar refractivity (Wildman–Crippen MR) is 118 cm³/mol. The van der Waals surface area contributed by atoms with Crippen molar-refractivity contribution >= 4 is 11.9 Å². The fraction of sp³-hybridized carbons (Fsp3) is 0.440. The van der Waals surface area contributed by atoms with E-state index in [2.05, 4.69) is 55.6 Å². The second kappa shape index (κ2) is 7.88. The SMILES string of the molecule is CC(C)c1ccc(CN(C)CN2C(=O)N[C@@](C)(c3ccc4c(c3)CCC4)C2=O)cc1. The number of nitrogens with zero attached hydrogens (tertiary/aromatic N) is 2. The topological polar surface area (TPSA) is 52.6 Å². The van der Waals surface area contributed by atoms with Crippen LogP contribution in [0.15, 0.2) is 42.5 Å². The zero-order valence-corrected chi connectivity index (χ0v) is 18.4. The van der Waals surface area contributed by atoms with E-state index >= 15 is 0 Å². The van der Waals surface area contributed by atoms with E-state index in [9.17, 15) is 9.59 Å². The fourth-order valence-electron chi connectivity index (χ4n) is 4.51. The Morgan fingerprint density at radius 1 is 1.07 bits per heavy atom. The van der Waals surface area contributed by atoms with E-state index in [4.69, 9.17) is 0 Å². The van der Waals surface area contributed by atoms with E-state index in [1.165, 1.54) is 21.6 Å². The third-order valence-corrected chi connectivity index (χ3v) is 6.43. The van der Waals surface area contributed by atoms with Crippen LogP contribution < -0.4 is 5.32 Å². The molecule has 1 fully saturated rings. The lowest BCUT2D eigenvalue weighted by atomic mass is 9.90. The molecule has 2 aromatic carbocycles. The van der Waals surface area contributed by atoms with Gasteiger partial charge in [0.05, 0.1) is 6.67 Å². The standard InChI is InChI=1S/C25H31N3O2/c1-17(2)19-10-8-18(9-11-19)15-27(4)16-28-23(29)25(3,26-24(28)30)22-13-12-20-6-5-7-21(20)14-22/h8-14,17H,5-7,15-16H2,1-4H3,(H,26,30)/t25-/m0/s1. The molecular formula is C25H31N3O2. The lowest BCUT2D eigenvalue weighted by Gasteiger charge is -2.25. The number of benzene rings is 2. The van der Waals surface area contributed by atoms with Gasteiger partial charge in [-0.05, 0) is 67.0 Å². The molecule has 1 atom stereocenters. The first-order valence-electron chi connectivity index (χ1n) is 10.8. The maximum atomic E-state index is 13.3. The zero-order valence-electron chi connectivity index (χ0n) is 18.4. The molecule has 158 valence electrons. The number of imide groups is 1. The maximum Gasteiger partial charge on any atom is 0.326 e. The highest BCUT2D eigenvalue weighted by molar-refractivity contribution is 6.07. The number of fused-ring (bicyclic) bond motifs is 1. The van der Waals surface area contributed by atoms with E-state index in [1.807, 2.05) is 24.9 Å². The van der Waals surface area contributed by atoms with E-state index < -0.39 is 5.54 Å². The summed E-state index contributed by atoms with van der Waals surface area (Å²) in [5.74, 6) is 0.312. The number of urea groups is 1. The summed E-state index contributed by atoms with van der Waals surface area (Å²) >= 11 is 0. The highest BCUT2D eigenvalue weighted by atomic mass is 16.2. The third-order valence-electron chi connectivity index (χ3n) is 6.43. The number of amides is 3. The molecule has 0 unspecified atom stereocenters. The molecule has 30 heavy (non-hydrogen) atoms. The van der Waals surface area contributed by atoms with Crippen LogP contribution in [0.3, 0.4) is 0 Å². The Balaban J connectivity index is 1.46. The van der Waals surface area contributed by atoms with Crippen molar-refractivity contribution in [1.29, 1.82) is 0 Å². The number of carbonyl (C=O) groups is 2. The smallest absolute Gasteiger partial charge is 0.319 e. The molecule has 1 saturated heterocycles. The summed E-state index contributed by atoms with van der Waals surface area (Å²) < 4.78 is 0. The number of carbonyl (C=O) groups excluding carboxylic acids is 2. The molecule has 0 bridgehead atoms. The van der Waals surface area contributed by atoms with Crippen LogP contribution in [0.1, 0.15) is 60.9 Å². The van der Waals surface area contributed by atoms with Gasteiger partial charge in [-0.3, -0.25) is 9.69 Å². The molecule has 0 radical (unpaired) electrons. The van der Waals surface area contributed by atoms with Crippen LogP contribution in [0.2, 0.25) is 0 Å². The molecule has 0 spiro atoms. The van der Waals surface area contributed by atoms with Crippen molar-refractivity contribution in [1.82, 2.24) is 15.1 Å². The fourth-order valence-corrected chi connectivity index (χ4v) is 4.51. The van der Waals surface area contributed by atoms with Gasteiger partial charge in [-0.15, -0.1) is 0 Å². The van der Waals surface area contributed by atoms with Gasteiger partial charge in [0, 0.05) is 6.54 Å². The van der Waals surface area contributed by atoms with Crippen molar-refractivity contribution in [3.05, 3.63) is 70.3 Å². The van der Waals surface area contributed by atoms with Gasteiger partial charge >= 0.3 is 6.03 Å². The molecule has 5 nitrogen and oxygen atoms in total. The van der Waals surface area contributed by atoms with Gasteiger partial charge in [0.25, 0.3) is 5.91 Å². The van der Waals surface area contributed by atoms with Crippen LogP contribution in [-0.2, 0) is 29.7 Å². The van der Waals surface area contributed by atoms with Gasteiger partial charge in [-0.1, -0.05) is 56.3 Å². The van der Waals surface area contributed by atoms with Crippen LogP contribution in [0.5, 0.6) is 0 Å². The minimum atomic E-state index is -1.01. The lowest BCUT2D eigenvalue weighted by Crippen LogP contribution is -2.42. The van der Waals surface area contributed by atoms with Crippen LogP contribution in [-0.4, -0.2) is 35.5 Å². The first-order chi connectivity index (χ1) is 14.3. The Hall–Kier alpha value is -2.66. The molecule has 2 aromatic rings. The molecule has 4 rings (SSSR count). The molecular weight excluding hydrogens is 374 g/mol. The molecule has 3 amide bonds. The maximum absolute atomic E-state index is 13.3. The van der Waals surface area contributed by atoms with E-state index in [-0.39, 0.29) is 18.6 Å². The summed E-state index contributed by atoms with van der Waals surface area (Å²) in [5, 5.41) is 2.94. The van der Waals surface area contributed by atoms with Crippen molar-refractivity contribution in [2.75, 3.05) is 13.7 Å². The lowest BCUT2D eigenvalue weighted by molar-refractivity contribution is -0.132. The van der Waals surface area contributed by atoms with Crippen molar-refractivity contribution in [2.24, 2.45) is 0 Å². The van der Waals surface area contributed by atoms with E-state index in [0.717, 1.165) is 30.4 Å². The first kappa shape index (κ1) is 20.6. The Bertz CT molecular complexity index is 967. The van der Waals surface area contributed by atoms with Gasteiger partial charge in [0.15, 0.2) is 0 Å². The first-order valence-corrected chi connectivity index (χ1v) is 10.8. The number of hydrogen-bond donors (Lipinski definition) is 1. The summed E-state index contributed by atoms with van der Waals surface area (Å²) in [6, 6.07) is 14.4. The minimum absolute atomic E-state index is 0.188. The van der Waals surface area contributed by atoms with Crippen molar-refractivity contribution in [3.8, 4) is 0 Å². The minimum Gasteiger partial charge on any atom is -0.319 e. The summed E-state index contributed by atoms with van der Waals surface area (Å²) in [6.07, 6.45) is 3.30. The molecule has 0 saturated carbocycles. The predicted octanol–water partition coefficient (Wildman–Crippen LogP) is 4.16. The monoisotopic (exact) mass is 405 g/mol. The van der Waals surface area contributed by atoms with Crippen LogP contribution in [0.25, 0.3) is 0 Å². The molecule has 1 N–H and O–H groups in total. The molecule has 1 heterocycles. The van der Waals surface area contributed by atoms with E-state index in [1.54, 1.807) is 0 Å². The average molecular weight is 406 g/mol. The van der Waals surface area contributed by atoms with Crippen molar-refractivity contribution in [2.45, 2.75) is 58.0 Å². The quantitative estimate of drug-likeness (QED) is 0.735. The Morgan fingerprint density at radius 3 is 2.47 bits per heavy atom. The molecule has 1 aliphatic heterocycles. The van der Waals surface area contributed by atoms with E-state index in [0.29, 0.717) is 12.5 Å². The second-order valence-corrected chi connectivity index (χ2v) is 9.18. The van der Waals surface area contributed by atoms with Gasteiger partial charge in [0.2, 0.25) is 0 Å². The number of hydrogen-bond acceptors (Lipinski definition) is 3. The molecule has 2 aliphatic rings. The molecule has 5 heteroatoms. The highest BCUT2D eigenvalue weighted by Gasteiger charge is 2.49. The van der Waals surface area contributed by atoms with Crippen molar-refractivity contribution < 1.29 is 9.59 Å². The third kappa shape index (κ3) is 3.74. The van der Waals surface area contributed by atoms with Crippen molar-refractivity contribution in [3.63, 3.8) is 0 Å². The Labute approximate surface area is 179 Å².